The van der Waals surface area contributed by atoms with Crippen LogP contribution in [0.15, 0.2) is 0 Å². The van der Waals surface area contributed by atoms with E-state index in [-0.39, 0.29) is 5.91 Å². The van der Waals surface area contributed by atoms with E-state index in [1.807, 2.05) is 0 Å². The number of rotatable bonds is 10. The highest BCUT2D eigenvalue weighted by atomic mass is 32.2. The van der Waals surface area contributed by atoms with Gasteiger partial charge in [-0.05, 0) is 24.0 Å². The van der Waals surface area contributed by atoms with Crippen LogP contribution in [-0.4, -0.2) is 24.0 Å². The fourth-order valence-electron chi connectivity index (χ4n) is 1.52. The number of nitrogens with one attached hydrogen (secondary N) is 1. The summed E-state index contributed by atoms with van der Waals surface area (Å²) in [5.74, 6) is 3.35. The second-order valence-corrected chi connectivity index (χ2v) is 6.53. The van der Waals surface area contributed by atoms with Crippen LogP contribution in [0, 0.1) is 11.8 Å². The van der Waals surface area contributed by atoms with Crippen LogP contribution in [0.4, 0.5) is 0 Å². The number of hydrogen-bond donors (Lipinski definition) is 1. The molecule has 0 aliphatic carbocycles. The number of amides is 1. The van der Waals surface area contributed by atoms with Gasteiger partial charge in [0.1, 0.15) is 0 Å². The topological polar surface area (TPSA) is 29.1 Å². The second-order valence-electron chi connectivity index (χ2n) is 5.50. The van der Waals surface area contributed by atoms with Gasteiger partial charge in [-0.25, -0.2) is 0 Å². The lowest BCUT2D eigenvalue weighted by Gasteiger charge is -2.07. The summed E-state index contributed by atoms with van der Waals surface area (Å²) in [7, 11) is 0. The van der Waals surface area contributed by atoms with Crippen LogP contribution < -0.4 is 5.32 Å². The quantitative estimate of drug-likeness (QED) is 0.606. The predicted molar refractivity (Wildman–Crippen MR) is 78.5 cm³/mol. The van der Waals surface area contributed by atoms with Gasteiger partial charge < -0.3 is 5.32 Å². The van der Waals surface area contributed by atoms with Crippen LogP contribution in [0.25, 0.3) is 0 Å². The van der Waals surface area contributed by atoms with Crippen molar-refractivity contribution in [1.82, 2.24) is 5.32 Å². The zero-order chi connectivity index (χ0) is 13.1. The highest BCUT2D eigenvalue weighted by Gasteiger charge is 2.02. The average molecular weight is 259 g/mol. The molecule has 0 aliphatic heterocycles. The Labute approximate surface area is 111 Å². The minimum Gasteiger partial charge on any atom is -0.355 e. The molecule has 0 saturated carbocycles. The van der Waals surface area contributed by atoms with E-state index < -0.39 is 0 Å². The van der Waals surface area contributed by atoms with Crippen LogP contribution in [0.2, 0.25) is 0 Å². The standard InChI is InChI=1S/C14H29NOS/c1-12(2)8-6-5-7-9-15-14(16)11-17-10-13(3)4/h12-13H,5-11H2,1-4H3,(H,15,16). The first-order valence-electron chi connectivity index (χ1n) is 6.86. The summed E-state index contributed by atoms with van der Waals surface area (Å²) >= 11 is 1.73. The third kappa shape index (κ3) is 13.8. The van der Waals surface area contributed by atoms with Gasteiger partial charge in [0, 0.05) is 6.54 Å². The van der Waals surface area contributed by atoms with E-state index in [4.69, 9.17) is 0 Å². The molecule has 0 aliphatic rings. The van der Waals surface area contributed by atoms with Crippen LogP contribution in [-0.2, 0) is 4.79 Å². The zero-order valence-electron chi connectivity index (χ0n) is 11.9. The Hall–Kier alpha value is -0.180. The first-order chi connectivity index (χ1) is 8.02. The lowest BCUT2D eigenvalue weighted by Crippen LogP contribution is -2.26. The molecular formula is C14H29NOS. The normalized spacial score (nSPS) is 11.2. The minimum atomic E-state index is 0.194. The molecule has 0 heterocycles. The Bertz CT molecular complexity index is 193. The summed E-state index contributed by atoms with van der Waals surface area (Å²) in [5, 5.41) is 2.98. The largest absolute Gasteiger partial charge is 0.355 e. The molecule has 0 unspecified atom stereocenters. The summed E-state index contributed by atoms with van der Waals surface area (Å²) in [5.41, 5.74) is 0. The van der Waals surface area contributed by atoms with Crippen LogP contribution >= 0.6 is 11.8 Å². The molecule has 0 aromatic carbocycles. The van der Waals surface area contributed by atoms with E-state index in [0.29, 0.717) is 11.7 Å². The molecule has 0 bridgehead atoms. The van der Waals surface area contributed by atoms with E-state index in [9.17, 15) is 4.79 Å². The Balaban J connectivity index is 3.22. The van der Waals surface area contributed by atoms with E-state index in [1.165, 1.54) is 19.3 Å². The molecule has 1 amide bonds. The van der Waals surface area contributed by atoms with Crippen molar-refractivity contribution in [3.05, 3.63) is 0 Å². The molecule has 0 radical (unpaired) electrons. The molecule has 2 nitrogen and oxygen atoms in total. The second kappa shape index (κ2) is 10.9. The summed E-state index contributed by atoms with van der Waals surface area (Å²) in [4.78, 5) is 11.4. The van der Waals surface area contributed by atoms with Gasteiger partial charge in [0.2, 0.25) is 5.91 Å². The maximum absolute atomic E-state index is 11.4. The van der Waals surface area contributed by atoms with Crippen molar-refractivity contribution in [1.29, 1.82) is 0 Å². The lowest BCUT2D eigenvalue weighted by atomic mass is 10.1. The third-order valence-electron chi connectivity index (χ3n) is 2.46. The molecule has 0 aromatic rings. The molecule has 17 heavy (non-hydrogen) atoms. The molecule has 0 saturated heterocycles. The van der Waals surface area contributed by atoms with Crippen molar-refractivity contribution in [2.24, 2.45) is 11.8 Å². The van der Waals surface area contributed by atoms with Crippen LogP contribution in [0.1, 0.15) is 53.4 Å². The van der Waals surface area contributed by atoms with Crippen molar-refractivity contribution in [2.75, 3.05) is 18.1 Å². The third-order valence-corrected chi connectivity index (χ3v) is 3.83. The number of hydrogen-bond acceptors (Lipinski definition) is 2. The van der Waals surface area contributed by atoms with E-state index in [0.717, 1.165) is 24.6 Å². The Morgan fingerprint density at radius 3 is 2.35 bits per heavy atom. The Morgan fingerprint density at radius 1 is 1.06 bits per heavy atom. The summed E-state index contributed by atoms with van der Waals surface area (Å²) < 4.78 is 0. The first-order valence-corrected chi connectivity index (χ1v) is 8.02. The Morgan fingerprint density at radius 2 is 1.76 bits per heavy atom. The van der Waals surface area contributed by atoms with Gasteiger partial charge in [-0.2, -0.15) is 11.8 Å². The lowest BCUT2D eigenvalue weighted by molar-refractivity contribution is -0.118. The van der Waals surface area contributed by atoms with Gasteiger partial charge in [-0.3, -0.25) is 4.79 Å². The molecule has 0 fully saturated rings. The zero-order valence-corrected chi connectivity index (χ0v) is 12.7. The van der Waals surface area contributed by atoms with Gasteiger partial charge in [0.15, 0.2) is 0 Å². The van der Waals surface area contributed by atoms with Crippen molar-refractivity contribution in [2.45, 2.75) is 53.4 Å². The highest BCUT2D eigenvalue weighted by Crippen LogP contribution is 2.08. The van der Waals surface area contributed by atoms with E-state index in [2.05, 4.69) is 33.0 Å². The molecular weight excluding hydrogens is 230 g/mol. The highest BCUT2D eigenvalue weighted by molar-refractivity contribution is 7.99. The van der Waals surface area contributed by atoms with E-state index >= 15 is 0 Å². The summed E-state index contributed by atoms with van der Waals surface area (Å²) in [6.45, 7) is 9.72. The SMILES string of the molecule is CC(C)CCCCCNC(=O)CSCC(C)C. The van der Waals surface area contributed by atoms with Crippen molar-refractivity contribution < 1.29 is 4.79 Å². The fraction of sp³-hybridized carbons (Fsp3) is 0.929. The molecule has 1 N–H and O–H groups in total. The van der Waals surface area contributed by atoms with E-state index in [1.54, 1.807) is 11.8 Å². The van der Waals surface area contributed by atoms with Crippen LogP contribution in [0.5, 0.6) is 0 Å². The number of unbranched alkanes of at least 4 members (excludes halogenated alkanes) is 2. The smallest absolute Gasteiger partial charge is 0.229 e. The maximum atomic E-state index is 11.4. The van der Waals surface area contributed by atoms with Gasteiger partial charge in [0.25, 0.3) is 0 Å². The van der Waals surface area contributed by atoms with Crippen molar-refractivity contribution in [3.63, 3.8) is 0 Å². The fourth-order valence-corrected chi connectivity index (χ4v) is 2.40. The number of thioether (sulfide) groups is 1. The number of carbonyl (C=O) groups excluding carboxylic acids is 1. The summed E-state index contributed by atoms with van der Waals surface area (Å²) in [6.07, 6.45) is 4.94. The summed E-state index contributed by atoms with van der Waals surface area (Å²) in [6, 6.07) is 0. The molecule has 0 aromatic heterocycles. The molecule has 3 heteroatoms. The van der Waals surface area contributed by atoms with Gasteiger partial charge in [0.05, 0.1) is 5.75 Å². The van der Waals surface area contributed by atoms with Crippen molar-refractivity contribution >= 4 is 17.7 Å². The molecule has 0 rings (SSSR count). The van der Waals surface area contributed by atoms with Gasteiger partial charge in [-0.15, -0.1) is 0 Å². The molecule has 0 atom stereocenters. The molecule has 102 valence electrons. The van der Waals surface area contributed by atoms with Crippen molar-refractivity contribution in [3.8, 4) is 0 Å². The first kappa shape index (κ1) is 16.8. The van der Waals surface area contributed by atoms with Gasteiger partial charge in [-0.1, -0.05) is 47.0 Å². The Kier molecular flexibility index (Phi) is 10.8. The average Bonchev–Trinajstić information content (AvgIpc) is 2.22. The van der Waals surface area contributed by atoms with Crippen LogP contribution in [0.3, 0.4) is 0 Å². The monoisotopic (exact) mass is 259 g/mol. The molecule has 0 spiro atoms. The van der Waals surface area contributed by atoms with Gasteiger partial charge >= 0.3 is 0 Å². The number of carbonyl (C=O) groups is 1. The minimum absolute atomic E-state index is 0.194. The maximum Gasteiger partial charge on any atom is 0.229 e. The predicted octanol–water partition coefficient (Wildman–Crippen LogP) is 3.71.